The van der Waals surface area contributed by atoms with Gasteiger partial charge in [0.2, 0.25) is 0 Å². The van der Waals surface area contributed by atoms with Crippen LogP contribution in [0.5, 0.6) is 0 Å². The second-order valence-electron chi connectivity index (χ2n) is 12.4. The van der Waals surface area contributed by atoms with E-state index in [2.05, 4.69) is 13.8 Å². The summed E-state index contributed by atoms with van der Waals surface area (Å²) >= 11 is 0. The average molecular weight is 567 g/mol. The van der Waals surface area contributed by atoms with Gasteiger partial charge >= 0.3 is 11.9 Å². The third-order valence-electron chi connectivity index (χ3n) is 8.73. The Kier molecular flexibility index (Phi) is 18.9. The van der Waals surface area contributed by atoms with Crippen molar-refractivity contribution in [2.45, 2.75) is 206 Å². The molecule has 0 aromatic heterocycles. The molecule has 6 atom stereocenters. The van der Waals surface area contributed by atoms with Gasteiger partial charge in [-0.2, -0.15) is 0 Å². The third kappa shape index (κ3) is 14.7. The van der Waals surface area contributed by atoms with E-state index in [1.54, 1.807) is 0 Å². The van der Waals surface area contributed by atoms with Crippen molar-refractivity contribution in [3.63, 3.8) is 0 Å². The van der Waals surface area contributed by atoms with E-state index < -0.39 is 0 Å². The van der Waals surface area contributed by atoms with E-state index in [0.717, 1.165) is 51.4 Å². The fourth-order valence-electron chi connectivity index (χ4n) is 6.50. The molecule has 2 heterocycles. The minimum atomic E-state index is -0.223. The van der Waals surface area contributed by atoms with E-state index in [4.69, 9.17) is 18.9 Å². The Morgan fingerprint density at radius 2 is 0.875 bits per heavy atom. The van der Waals surface area contributed by atoms with Crippen LogP contribution in [0.25, 0.3) is 0 Å². The molecule has 0 N–H and O–H groups in total. The van der Waals surface area contributed by atoms with Crippen LogP contribution in [0.2, 0.25) is 0 Å². The van der Waals surface area contributed by atoms with Crippen molar-refractivity contribution in [1.29, 1.82) is 0 Å². The van der Waals surface area contributed by atoms with Gasteiger partial charge in [0.05, 0.1) is 24.4 Å². The van der Waals surface area contributed by atoms with Crippen molar-refractivity contribution in [3.8, 4) is 0 Å². The van der Waals surface area contributed by atoms with Crippen LogP contribution in [0.1, 0.15) is 169 Å². The van der Waals surface area contributed by atoms with Gasteiger partial charge in [0.25, 0.3) is 0 Å². The molecule has 2 fully saturated rings. The molecule has 6 heteroatoms. The van der Waals surface area contributed by atoms with Crippen LogP contribution in [-0.2, 0) is 28.5 Å². The summed E-state index contributed by atoms with van der Waals surface area (Å²) in [6.07, 6.45) is 25.2. The van der Waals surface area contributed by atoms with Crippen LogP contribution in [-0.4, -0.2) is 48.6 Å². The highest BCUT2D eigenvalue weighted by Crippen LogP contribution is 2.36. The van der Waals surface area contributed by atoms with Crippen LogP contribution >= 0.6 is 0 Å². The normalized spacial score (nSPS) is 24.2. The molecule has 2 saturated heterocycles. The Morgan fingerprint density at radius 1 is 0.550 bits per heavy atom. The lowest BCUT2D eigenvalue weighted by atomic mass is 10.00. The number of rotatable bonds is 23. The zero-order valence-electron chi connectivity index (χ0n) is 26.5. The van der Waals surface area contributed by atoms with Crippen LogP contribution < -0.4 is 0 Å². The summed E-state index contributed by atoms with van der Waals surface area (Å²) in [4.78, 5) is 23.7. The lowest BCUT2D eigenvalue weighted by Crippen LogP contribution is -2.35. The number of hydrogen-bond acceptors (Lipinski definition) is 6. The van der Waals surface area contributed by atoms with Crippen LogP contribution in [0, 0.1) is 0 Å². The molecule has 0 radical (unpaired) electrons. The molecule has 0 bridgehead atoms. The summed E-state index contributed by atoms with van der Waals surface area (Å²) in [6, 6.07) is 0. The third-order valence-corrected chi connectivity index (χ3v) is 8.73. The monoisotopic (exact) mass is 566 g/mol. The first kappa shape index (κ1) is 35.1. The number of carbonyl (C=O) groups excluding carboxylic acids is 2. The van der Waals surface area contributed by atoms with Crippen molar-refractivity contribution in [2.75, 3.05) is 0 Å². The van der Waals surface area contributed by atoms with E-state index in [9.17, 15) is 9.59 Å². The van der Waals surface area contributed by atoms with E-state index in [1.807, 2.05) is 0 Å². The van der Waals surface area contributed by atoms with Gasteiger partial charge in [-0.3, -0.25) is 9.59 Å². The quantitative estimate of drug-likeness (QED) is 0.0908. The standard InChI is InChI=1S/C34H62O6/c1-5-7-9-11-13-15-17-19-21-29(37-27(3)35)31-23-25-33(39-31)34-26-24-32(40-34)30(38-28(4)36)22-20-18-16-14-12-10-8-6-2/h29-34H,5-26H2,1-4H3/t29-,30-,31-,32-,33+,34+/m1/s1. The van der Waals surface area contributed by atoms with Crippen LogP contribution in [0.3, 0.4) is 0 Å². The summed E-state index contributed by atoms with van der Waals surface area (Å²) in [5.41, 5.74) is 0. The van der Waals surface area contributed by atoms with E-state index >= 15 is 0 Å². The molecule has 0 spiro atoms. The molecule has 0 saturated carbocycles. The number of hydrogen-bond donors (Lipinski definition) is 0. The van der Waals surface area contributed by atoms with Gasteiger partial charge in [-0.25, -0.2) is 0 Å². The summed E-state index contributed by atoms with van der Waals surface area (Å²) in [7, 11) is 0. The smallest absolute Gasteiger partial charge is 0.302 e. The largest absolute Gasteiger partial charge is 0.460 e. The van der Waals surface area contributed by atoms with Gasteiger partial charge in [0.15, 0.2) is 0 Å². The SMILES string of the molecule is CCCCCCCCCC[C@@H](OC(C)=O)[C@H]1CC[C@@H]([C@@H]2CC[C@H]([C@@H](CCCCCCCCCC)OC(C)=O)O2)O1. The minimum Gasteiger partial charge on any atom is -0.460 e. The predicted octanol–water partition coefficient (Wildman–Crippen LogP) is 9.01. The molecular weight excluding hydrogens is 504 g/mol. The number of carbonyl (C=O) groups is 2. The molecule has 0 aliphatic carbocycles. The predicted molar refractivity (Wildman–Crippen MR) is 161 cm³/mol. The second-order valence-corrected chi connectivity index (χ2v) is 12.4. The van der Waals surface area contributed by atoms with Gasteiger partial charge in [0, 0.05) is 13.8 Å². The molecule has 0 aromatic carbocycles. The van der Waals surface area contributed by atoms with Gasteiger partial charge < -0.3 is 18.9 Å². The van der Waals surface area contributed by atoms with E-state index in [-0.39, 0.29) is 48.6 Å². The Hall–Kier alpha value is -1.14. The Bertz CT molecular complexity index is 611. The molecule has 6 nitrogen and oxygen atoms in total. The molecule has 40 heavy (non-hydrogen) atoms. The highest BCUT2D eigenvalue weighted by Gasteiger charge is 2.42. The first-order chi connectivity index (χ1) is 19.4. The molecule has 2 aliphatic heterocycles. The summed E-state index contributed by atoms with van der Waals surface area (Å²) in [5, 5.41) is 0. The van der Waals surface area contributed by atoms with Crippen molar-refractivity contribution in [2.24, 2.45) is 0 Å². The fraction of sp³-hybridized carbons (Fsp3) is 0.941. The zero-order valence-corrected chi connectivity index (χ0v) is 26.5. The summed E-state index contributed by atoms with van der Waals surface area (Å²) in [6.45, 7) is 7.50. The maximum Gasteiger partial charge on any atom is 0.302 e. The Labute approximate surface area is 246 Å². The van der Waals surface area contributed by atoms with Crippen molar-refractivity contribution < 1.29 is 28.5 Å². The number of esters is 2. The molecule has 234 valence electrons. The fourth-order valence-corrected chi connectivity index (χ4v) is 6.50. The van der Waals surface area contributed by atoms with Crippen molar-refractivity contribution >= 4 is 11.9 Å². The highest BCUT2D eigenvalue weighted by molar-refractivity contribution is 5.66. The molecule has 2 aliphatic rings. The maximum absolute atomic E-state index is 11.8. The topological polar surface area (TPSA) is 71.1 Å². The van der Waals surface area contributed by atoms with Crippen molar-refractivity contribution in [1.82, 2.24) is 0 Å². The van der Waals surface area contributed by atoms with Crippen LogP contribution in [0.4, 0.5) is 0 Å². The average Bonchev–Trinajstić information content (AvgIpc) is 3.60. The first-order valence-electron chi connectivity index (χ1n) is 17.1. The number of unbranched alkanes of at least 4 members (excludes halogenated alkanes) is 14. The van der Waals surface area contributed by atoms with Gasteiger partial charge in [0.1, 0.15) is 12.2 Å². The first-order valence-corrected chi connectivity index (χ1v) is 17.1. The highest BCUT2D eigenvalue weighted by atomic mass is 16.6. The van der Waals surface area contributed by atoms with Crippen LogP contribution in [0.15, 0.2) is 0 Å². The van der Waals surface area contributed by atoms with E-state index in [0.29, 0.717) is 0 Å². The molecule has 0 unspecified atom stereocenters. The van der Waals surface area contributed by atoms with Gasteiger partial charge in [-0.15, -0.1) is 0 Å². The second kappa shape index (κ2) is 21.5. The maximum atomic E-state index is 11.8. The Balaban J connectivity index is 1.74. The molecular formula is C34H62O6. The molecule has 2 rings (SSSR count). The molecule has 0 amide bonds. The minimum absolute atomic E-state index is 0.0210. The molecule has 0 aromatic rings. The van der Waals surface area contributed by atoms with Gasteiger partial charge in [-0.1, -0.05) is 104 Å². The van der Waals surface area contributed by atoms with Gasteiger partial charge in [-0.05, 0) is 51.4 Å². The van der Waals surface area contributed by atoms with Crippen molar-refractivity contribution in [3.05, 3.63) is 0 Å². The lowest BCUT2D eigenvalue weighted by Gasteiger charge is -2.27. The summed E-state index contributed by atoms with van der Waals surface area (Å²) in [5.74, 6) is -0.446. The Morgan fingerprint density at radius 3 is 1.20 bits per heavy atom. The van der Waals surface area contributed by atoms with E-state index in [1.165, 1.54) is 104 Å². The zero-order chi connectivity index (χ0) is 29.0. The lowest BCUT2D eigenvalue weighted by molar-refractivity contribution is -0.164. The number of ether oxygens (including phenoxy) is 4. The summed E-state index contributed by atoms with van der Waals surface area (Å²) < 4.78 is 24.4.